The summed E-state index contributed by atoms with van der Waals surface area (Å²) in [4.78, 5) is 7.16. The lowest BCUT2D eigenvalue weighted by Crippen LogP contribution is -2.40. The molecular weight excluding hydrogens is 375 g/mol. The monoisotopic (exact) mass is 394 g/mol. The van der Waals surface area contributed by atoms with Gasteiger partial charge in [0.2, 0.25) is 0 Å². The highest BCUT2D eigenvalue weighted by Gasteiger charge is 2.26. The van der Waals surface area contributed by atoms with Crippen LogP contribution in [0.2, 0.25) is 0 Å². The van der Waals surface area contributed by atoms with Gasteiger partial charge in [0.05, 0.1) is 29.4 Å². The highest BCUT2D eigenvalue weighted by atomic mass is 32.2. The lowest BCUT2D eigenvalue weighted by molar-refractivity contribution is 0.0948. The molecule has 1 unspecified atom stereocenters. The summed E-state index contributed by atoms with van der Waals surface area (Å²) in [6.07, 6.45) is 1.85. The van der Waals surface area contributed by atoms with Crippen LogP contribution in [0.4, 0.5) is 15.9 Å². The van der Waals surface area contributed by atoms with Crippen molar-refractivity contribution < 1.29 is 22.2 Å². The number of benzene rings is 1. The number of aromatic nitrogens is 1. The van der Waals surface area contributed by atoms with E-state index in [9.17, 15) is 12.8 Å². The maximum Gasteiger partial charge on any atom is 0.169 e. The van der Waals surface area contributed by atoms with Crippen LogP contribution in [0.15, 0.2) is 40.2 Å². The van der Waals surface area contributed by atoms with Crippen LogP contribution < -0.4 is 10.2 Å². The molecule has 3 heterocycles. The Bertz CT molecular complexity index is 932. The molecule has 2 aliphatic heterocycles. The van der Waals surface area contributed by atoms with E-state index in [1.54, 1.807) is 23.1 Å². The van der Waals surface area contributed by atoms with Crippen molar-refractivity contribution in [3.63, 3.8) is 0 Å². The van der Waals surface area contributed by atoms with E-state index in [1.165, 1.54) is 12.3 Å². The number of hydrogen-bond donors (Lipinski definition) is 1. The van der Waals surface area contributed by atoms with Gasteiger partial charge in [0.25, 0.3) is 0 Å². The molecule has 8 nitrogen and oxygen atoms in total. The Morgan fingerprint density at radius 3 is 2.78 bits per heavy atom. The summed E-state index contributed by atoms with van der Waals surface area (Å²) >= 11 is 0. The number of nitrogens with one attached hydrogen (secondary N) is 1. The minimum Gasteiger partial charge on any atom is -0.390 e. The first-order valence-electron chi connectivity index (χ1n) is 8.62. The minimum absolute atomic E-state index is 0.0505. The molecule has 0 bridgehead atoms. The molecular formula is C17H19FN4O4S. The van der Waals surface area contributed by atoms with Crippen molar-refractivity contribution in [2.24, 2.45) is 5.16 Å². The highest BCUT2D eigenvalue weighted by molar-refractivity contribution is 7.91. The van der Waals surface area contributed by atoms with E-state index in [0.717, 1.165) is 0 Å². The van der Waals surface area contributed by atoms with E-state index in [2.05, 4.69) is 15.6 Å². The first-order valence-corrected chi connectivity index (χ1v) is 10.4. The Morgan fingerprint density at radius 1 is 1.26 bits per heavy atom. The number of halogens is 1. The zero-order valence-corrected chi connectivity index (χ0v) is 15.3. The summed E-state index contributed by atoms with van der Waals surface area (Å²) < 4.78 is 42.4. The summed E-state index contributed by atoms with van der Waals surface area (Å²) in [6.45, 7) is 1.11. The van der Waals surface area contributed by atoms with Gasteiger partial charge in [-0.2, -0.15) is 0 Å². The fourth-order valence-corrected chi connectivity index (χ4v) is 4.33. The Morgan fingerprint density at radius 2 is 2.07 bits per heavy atom. The molecule has 1 atom stereocenters. The van der Waals surface area contributed by atoms with Crippen molar-refractivity contribution in [3.05, 3.63) is 41.9 Å². The molecule has 2 aliphatic rings. The molecule has 0 aliphatic carbocycles. The molecule has 1 aromatic heterocycles. The largest absolute Gasteiger partial charge is 0.390 e. The Kier molecular flexibility index (Phi) is 4.73. The highest BCUT2D eigenvalue weighted by Crippen LogP contribution is 2.25. The molecule has 0 amide bonds. The van der Waals surface area contributed by atoms with E-state index < -0.39 is 15.7 Å². The number of rotatable bonds is 5. The standard InChI is InChI=1S/C17H19FN4O4S/c18-14-9-12(1-2-16(14)22-4-7-27(23,24)8-5-22)15-10-13(26-20-15)11-19-17-3-6-25-21-17/h1-3,6,9,13H,4-5,7-8,10-11H2,(H,19,21). The first kappa shape index (κ1) is 17.8. The maximum absolute atomic E-state index is 14.6. The van der Waals surface area contributed by atoms with Crippen LogP contribution in [0.5, 0.6) is 0 Å². The predicted molar refractivity (Wildman–Crippen MR) is 98.3 cm³/mol. The van der Waals surface area contributed by atoms with Crippen LogP contribution in [-0.4, -0.2) is 56.5 Å². The maximum atomic E-state index is 14.6. The summed E-state index contributed by atoms with van der Waals surface area (Å²) in [5.74, 6) is 0.328. The molecule has 1 N–H and O–H groups in total. The van der Waals surface area contributed by atoms with E-state index >= 15 is 0 Å². The van der Waals surface area contributed by atoms with Gasteiger partial charge in [-0.05, 0) is 12.1 Å². The molecule has 0 radical (unpaired) electrons. The van der Waals surface area contributed by atoms with Crippen LogP contribution in [-0.2, 0) is 14.7 Å². The average molecular weight is 394 g/mol. The van der Waals surface area contributed by atoms with Crippen LogP contribution in [0.25, 0.3) is 0 Å². The molecule has 1 fully saturated rings. The smallest absolute Gasteiger partial charge is 0.169 e. The van der Waals surface area contributed by atoms with Crippen LogP contribution in [0.3, 0.4) is 0 Å². The summed E-state index contributed by atoms with van der Waals surface area (Å²) in [7, 11) is -3.00. The van der Waals surface area contributed by atoms with E-state index in [1.807, 2.05) is 0 Å². The van der Waals surface area contributed by atoms with Gasteiger partial charge in [-0.3, -0.25) is 0 Å². The molecule has 0 saturated carbocycles. The van der Waals surface area contributed by atoms with Gasteiger partial charge >= 0.3 is 0 Å². The van der Waals surface area contributed by atoms with Crippen molar-refractivity contribution in [2.45, 2.75) is 12.5 Å². The third kappa shape index (κ3) is 4.05. The summed E-state index contributed by atoms with van der Waals surface area (Å²) in [5, 5.41) is 10.9. The second-order valence-corrected chi connectivity index (χ2v) is 8.84. The molecule has 144 valence electrons. The summed E-state index contributed by atoms with van der Waals surface area (Å²) in [5.41, 5.74) is 1.75. The van der Waals surface area contributed by atoms with Gasteiger partial charge in [-0.25, -0.2) is 12.8 Å². The molecule has 2 aromatic rings. The van der Waals surface area contributed by atoms with Crippen molar-refractivity contribution in [3.8, 4) is 0 Å². The van der Waals surface area contributed by atoms with Crippen LogP contribution in [0.1, 0.15) is 12.0 Å². The second-order valence-electron chi connectivity index (χ2n) is 6.54. The Hall–Kier alpha value is -2.62. The fraction of sp³-hybridized carbons (Fsp3) is 0.412. The third-order valence-corrected chi connectivity index (χ3v) is 6.26. The topological polar surface area (TPSA) is 97.0 Å². The molecule has 1 aromatic carbocycles. The second kappa shape index (κ2) is 7.18. The van der Waals surface area contributed by atoms with Crippen molar-refractivity contribution in [1.82, 2.24) is 5.16 Å². The van der Waals surface area contributed by atoms with Crippen molar-refractivity contribution in [1.29, 1.82) is 0 Å². The lowest BCUT2D eigenvalue weighted by Gasteiger charge is -2.29. The van der Waals surface area contributed by atoms with Crippen molar-refractivity contribution in [2.75, 3.05) is 41.4 Å². The van der Waals surface area contributed by atoms with Gasteiger partial charge in [0, 0.05) is 31.1 Å². The number of nitrogens with zero attached hydrogens (tertiary/aromatic N) is 3. The summed E-state index contributed by atoms with van der Waals surface area (Å²) in [6, 6.07) is 6.59. The fourth-order valence-electron chi connectivity index (χ4n) is 3.13. The van der Waals surface area contributed by atoms with Crippen molar-refractivity contribution >= 4 is 27.1 Å². The average Bonchev–Trinajstić information content (AvgIpc) is 3.32. The number of oxime groups is 1. The zero-order valence-electron chi connectivity index (χ0n) is 14.5. The van der Waals surface area contributed by atoms with Crippen LogP contribution >= 0.6 is 0 Å². The molecule has 4 rings (SSSR count). The van der Waals surface area contributed by atoms with Gasteiger partial charge in [0.1, 0.15) is 18.2 Å². The normalized spacial score (nSPS) is 21.6. The SMILES string of the molecule is O=S1(=O)CCN(c2ccc(C3=NOC(CNc4ccon4)C3)cc2F)CC1. The third-order valence-electron chi connectivity index (χ3n) is 4.65. The lowest BCUT2D eigenvalue weighted by atomic mass is 10.0. The number of sulfone groups is 1. The minimum atomic E-state index is -3.00. The van der Waals surface area contributed by atoms with E-state index in [-0.39, 0.29) is 17.6 Å². The van der Waals surface area contributed by atoms with Crippen LogP contribution in [0, 0.1) is 5.82 Å². The first-order chi connectivity index (χ1) is 13.0. The molecule has 1 saturated heterocycles. The molecule has 10 heteroatoms. The van der Waals surface area contributed by atoms with Gasteiger partial charge in [0.15, 0.2) is 15.7 Å². The molecule has 27 heavy (non-hydrogen) atoms. The van der Waals surface area contributed by atoms with Gasteiger partial charge in [-0.1, -0.05) is 16.4 Å². The van der Waals surface area contributed by atoms with Gasteiger partial charge < -0.3 is 19.6 Å². The number of hydrogen-bond acceptors (Lipinski definition) is 8. The predicted octanol–water partition coefficient (Wildman–Crippen LogP) is 1.65. The Balaban J connectivity index is 1.38. The quantitative estimate of drug-likeness (QED) is 0.824. The number of anilines is 2. The molecule has 0 spiro atoms. The zero-order chi connectivity index (χ0) is 18.9. The van der Waals surface area contributed by atoms with E-state index in [4.69, 9.17) is 9.36 Å². The Labute approximate surface area is 155 Å². The van der Waals surface area contributed by atoms with E-state index in [0.29, 0.717) is 48.8 Å². The van der Waals surface area contributed by atoms with Gasteiger partial charge in [-0.15, -0.1) is 0 Å².